The van der Waals surface area contributed by atoms with E-state index < -0.39 is 0 Å². The van der Waals surface area contributed by atoms with Crippen molar-refractivity contribution in [2.24, 2.45) is 5.41 Å². The van der Waals surface area contributed by atoms with E-state index in [0.717, 1.165) is 24.1 Å². The van der Waals surface area contributed by atoms with E-state index in [4.69, 9.17) is 10.5 Å². The minimum Gasteiger partial charge on any atom is -0.481 e. The van der Waals surface area contributed by atoms with Gasteiger partial charge in [-0.2, -0.15) is 4.98 Å². The van der Waals surface area contributed by atoms with E-state index in [1.54, 1.807) is 13.2 Å². The number of methoxy groups -OCH3 is 1. The summed E-state index contributed by atoms with van der Waals surface area (Å²) in [6, 6.07) is 3.68. The van der Waals surface area contributed by atoms with Crippen molar-refractivity contribution in [1.82, 2.24) is 14.5 Å². The van der Waals surface area contributed by atoms with Gasteiger partial charge in [0.2, 0.25) is 11.8 Å². The van der Waals surface area contributed by atoms with Crippen LogP contribution in [0.15, 0.2) is 12.1 Å². The molecule has 2 aromatic rings. The summed E-state index contributed by atoms with van der Waals surface area (Å²) in [6.45, 7) is 7.38. The molecule has 0 atom stereocenters. The van der Waals surface area contributed by atoms with E-state index in [1.807, 2.05) is 10.6 Å². The number of ether oxygens (including phenoxy) is 1. The normalized spacial score (nSPS) is 12.0. The van der Waals surface area contributed by atoms with Crippen LogP contribution in [-0.2, 0) is 6.54 Å². The lowest BCUT2D eigenvalue weighted by molar-refractivity contribution is 0.299. The number of aromatic nitrogens is 3. The highest BCUT2D eigenvalue weighted by molar-refractivity contribution is 5.74. The minimum absolute atomic E-state index is 0.159. The van der Waals surface area contributed by atoms with Crippen molar-refractivity contribution in [3.63, 3.8) is 0 Å². The van der Waals surface area contributed by atoms with E-state index in [1.165, 1.54) is 0 Å². The van der Waals surface area contributed by atoms with Gasteiger partial charge in [0, 0.05) is 12.6 Å². The summed E-state index contributed by atoms with van der Waals surface area (Å²) in [4.78, 5) is 8.76. The van der Waals surface area contributed by atoms with Crippen molar-refractivity contribution < 1.29 is 4.74 Å². The van der Waals surface area contributed by atoms with Crippen LogP contribution in [0.3, 0.4) is 0 Å². The van der Waals surface area contributed by atoms with Crippen LogP contribution in [-0.4, -0.2) is 21.6 Å². The molecule has 2 aromatic heterocycles. The molecule has 0 aliphatic carbocycles. The zero-order chi connectivity index (χ0) is 13.3. The Bertz CT molecular complexity index is 559. The molecule has 0 amide bonds. The van der Waals surface area contributed by atoms with Crippen LogP contribution in [0.5, 0.6) is 5.88 Å². The topological polar surface area (TPSA) is 66.0 Å². The van der Waals surface area contributed by atoms with E-state index in [-0.39, 0.29) is 5.41 Å². The first-order chi connectivity index (χ1) is 8.46. The Labute approximate surface area is 107 Å². The van der Waals surface area contributed by atoms with Gasteiger partial charge in [-0.25, -0.2) is 4.98 Å². The molecule has 0 saturated heterocycles. The summed E-state index contributed by atoms with van der Waals surface area (Å²) < 4.78 is 7.11. The summed E-state index contributed by atoms with van der Waals surface area (Å²) in [5.74, 6) is 1.09. The quantitative estimate of drug-likeness (QED) is 0.902. The molecule has 98 valence electrons. The maximum Gasteiger partial charge on any atom is 0.215 e. The van der Waals surface area contributed by atoms with Crippen molar-refractivity contribution in [2.75, 3.05) is 12.8 Å². The first kappa shape index (κ1) is 12.7. The summed E-state index contributed by atoms with van der Waals surface area (Å²) in [6.07, 6.45) is 1.07. The largest absolute Gasteiger partial charge is 0.481 e. The van der Waals surface area contributed by atoms with Crippen molar-refractivity contribution >= 4 is 17.1 Å². The van der Waals surface area contributed by atoms with Gasteiger partial charge in [0.05, 0.1) is 7.11 Å². The minimum atomic E-state index is 0.159. The highest BCUT2D eigenvalue weighted by Crippen LogP contribution is 2.27. The summed E-state index contributed by atoms with van der Waals surface area (Å²) in [5, 5.41) is 0. The van der Waals surface area contributed by atoms with Crippen LogP contribution in [0, 0.1) is 5.41 Å². The molecular weight excluding hydrogens is 228 g/mol. The molecule has 0 bridgehead atoms. The molecule has 2 heterocycles. The lowest BCUT2D eigenvalue weighted by atomic mass is 9.90. The fourth-order valence-electron chi connectivity index (χ4n) is 1.81. The molecule has 0 aromatic carbocycles. The molecule has 0 unspecified atom stereocenters. The maximum atomic E-state index is 5.98. The number of pyridine rings is 1. The zero-order valence-corrected chi connectivity index (χ0v) is 11.4. The summed E-state index contributed by atoms with van der Waals surface area (Å²) in [5.41, 5.74) is 7.73. The molecule has 0 radical (unpaired) electrons. The zero-order valence-electron chi connectivity index (χ0n) is 11.4. The Hall–Kier alpha value is -1.78. The summed E-state index contributed by atoms with van der Waals surface area (Å²) >= 11 is 0. The van der Waals surface area contributed by atoms with Gasteiger partial charge in [-0.05, 0) is 17.9 Å². The third kappa shape index (κ3) is 2.25. The Kier molecular flexibility index (Phi) is 3.15. The second-order valence-electron chi connectivity index (χ2n) is 5.27. The highest BCUT2D eigenvalue weighted by atomic mass is 16.5. The van der Waals surface area contributed by atoms with Gasteiger partial charge < -0.3 is 10.5 Å². The number of imidazole rings is 1. The molecule has 5 heteroatoms. The second kappa shape index (κ2) is 4.48. The van der Waals surface area contributed by atoms with Crippen LogP contribution in [0.1, 0.15) is 27.2 Å². The average molecular weight is 248 g/mol. The smallest absolute Gasteiger partial charge is 0.215 e. The van der Waals surface area contributed by atoms with Gasteiger partial charge in [0.15, 0.2) is 5.65 Å². The number of hydrogen-bond donors (Lipinski definition) is 1. The number of hydrogen-bond acceptors (Lipinski definition) is 4. The van der Waals surface area contributed by atoms with Gasteiger partial charge in [-0.3, -0.25) is 4.57 Å². The van der Waals surface area contributed by atoms with Crippen molar-refractivity contribution in [2.45, 2.75) is 33.7 Å². The second-order valence-corrected chi connectivity index (χ2v) is 5.27. The Morgan fingerprint density at radius 2 is 2.06 bits per heavy atom. The fourth-order valence-corrected chi connectivity index (χ4v) is 1.81. The van der Waals surface area contributed by atoms with Crippen molar-refractivity contribution in [3.8, 4) is 5.88 Å². The van der Waals surface area contributed by atoms with E-state index in [0.29, 0.717) is 11.8 Å². The highest BCUT2D eigenvalue weighted by Gasteiger charge is 2.20. The summed E-state index contributed by atoms with van der Waals surface area (Å²) in [7, 11) is 1.61. The molecule has 0 aliphatic rings. The van der Waals surface area contributed by atoms with Gasteiger partial charge in [-0.1, -0.05) is 20.8 Å². The number of fused-ring (bicyclic) bond motifs is 1. The Morgan fingerprint density at radius 3 is 2.67 bits per heavy atom. The Morgan fingerprint density at radius 1 is 1.33 bits per heavy atom. The first-order valence-electron chi connectivity index (χ1n) is 6.13. The van der Waals surface area contributed by atoms with Crippen LogP contribution in [0.25, 0.3) is 11.2 Å². The monoisotopic (exact) mass is 248 g/mol. The Balaban J connectivity index is 2.51. The van der Waals surface area contributed by atoms with Crippen molar-refractivity contribution in [1.29, 1.82) is 0 Å². The molecule has 5 nitrogen and oxygen atoms in total. The van der Waals surface area contributed by atoms with Gasteiger partial charge in [0.1, 0.15) is 5.52 Å². The van der Waals surface area contributed by atoms with Crippen molar-refractivity contribution in [3.05, 3.63) is 12.1 Å². The van der Waals surface area contributed by atoms with Crippen LogP contribution in [0.2, 0.25) is 0 Å². The lowest BCUT2D eigenvalue weighted by Gasteiger charge is -2.23. The third-order valence-electron chi connectivity index (χ3n) is 3.35. The van der Waals surface area contributed by atoms with Gasteiger partial charge in [-0.15, -0.1) is 0 Å². The molecule has 18 heavy (non-hydrogen) atoms. The average Bonchev–Trinajstić information content (AvgIpc) is 2.65. The molecule has 2 N–H and O–H groups in total. The maximum absolute atomic E-state index is 5.98. The number of nitrogens with two attached hydrogens (primary N) is 1. The van der Waals surface area contributed by atoms with Crippen LogP contribution >= 0.6 is 0 Å². The van der Waals surface area contributed by atoms with E-state index in [2.05, 4.69) is 30.7 Å². The standard InChI is InChI=1S/C13H20N4O/c1-5-13(2,3)8-17-11-9(15-12(17)14)6-7-10(16-11)18-4/h6-7H,5,8H2,1-4H3,(H2,14,15). The lowest BCUT2D eigenvalue weighted by Crippen LogP contribution is -2.20. The number of nitrogen functional groups attached to an aromatic ring is 1. The van der Waals surface area contributed by atoms with E-state index >= 15 is 0 Å². The third-order valence-corrected chi connectivity index (χ3v) is 3.35. The molecule has 0 fully saturated rings. The molecule has 2 rings (SSSR count). The molecule has 0 aliphatic heterocycles. The SMILES string of the molecule is CCC(C)(C)Cn1c(N)nc2ccc(OC)nc21. The number of nitrogens with zero attached hydrogens (tertiary/aromatic N) is 3. The van der Waals surface area contributed by atoms with E-state index in [9.17, 15) is 0 Å². The van der Waals surface area contributed by atoms with Gasteiger partial charge >= 0.3 is 0 Å². The van der Waals surface area contributed by atoms with Crippen LogP contribution in [0.4, 0.5) is 5.95 Å². The molecule has 0 saturated carbocycles. The van der Waals surface area contributed by atoms with Crippen LogP contribution < -0.4 is 10.5 Å². The molecular formula is C13H20N4O. The fraction of sp³-hybridized carbons (Fsp3) is 0.538. The number of rotatable bonds is 4. The first-order valence-corrected chi connectivity index (χ1v) is 6.13. The number of anilines is 1. The van der Waals surface area contributed by atoms with Gasteiger partial charge in [0.25, 0.3) is 0 Å². The molecule has 0 spiro atoms. The predicted octanol–water partition coefficient (Wildman–Crippen LogP) is 2.46. The predicted molar refractivity (Wildman–Crippen MR) is 72.6 cm³/mol.